The highest BCUT2D eigenvalue weighted by atomic mass is 32.1. The largest absolute Gasteiger partial charge is 0.456 e. The Hall–Kier alpha value is -7.76. The fourth-order valence-corrected chi connectivity index (χ4v) is 13.5. The van der Waals surface area contributed by atoms with E-state index in [1.807, 2.05) is 28.7 Å². The van der Waals surface area contributed by atoms with Crippen molar-refractivity contribution in [1.82, 2.24) is 0 Å². The van der Waals surface area contributed by atoms with E-state index >= 15 is 0 Å². The molecule has 65 heavy (non-hydrogen) atoms. The van der Waals surface area contributed by atoms with Gasteiger partial charge in [-0.1, -0.05) is 164 Å². The van der Waals surface area contributed by atoms with Gasteiger partial charge in [-0.05, 0) is 99.1 Å². The number of para-hydroxylation sites is 1. The Bertz CT molecular complexity index is 3970. The lowest BCUT2D eigenvalue weighted by atomic mass is 9.67. The van der Waals surface area contributed by atoms with E-state index in [0.29, 0.717) is 0 Å². The highest BCUT2D eigenvalue weighted by Gasteiger charge is 2.46. The van der Waals surface area contributed by atoms with Crippen molar-refractivity contribution in [2.45, 2.75) is 5.41 Å². The lowest BCUT2D eigenvalue weighted by Crippen LogP contribution is -2.28. The molecule has 0 fully saturated rings. The number of fused-ring (bicyclic) bond motifs is 13. The summed E-state index contributed by atoms with van der Waals surface area (Å²) in [5.41, 5.74) is 14.4. The van der Waals surface area contributed by atoms with Crippen molar-refractivity contribution in [3.8, 4) is 22.3 Å². The van der Waals surface area contributed by atoms with E-state index in [4.69, 9.17) is 4.42 Å². The summed E-state index contributed by atoms with van der Waals surface area (Å²) in [6.07, 6.45) is 0. The van der Waals surface area contributed by atoms with Crippen molar-refractivity contribution in [3.05, 3.63) is 247 Å². The van der Waals surface area contributed by atoms with E-state index < -0.39 is 5.41 Å². The smallest absolute Gasteiger partial charge is 0.137 e. The Kier molecular flexibility index (Phi) is 7.97. The number of thiophene rings is 2. The van der Waals surface area contributed by atoms with E-state index in [2.05, 4.69) is 223 Å². The molecule has 0 aliphatic heterocycles. The number of nitrogens with zero attached hydrogens (tertiary/aromatic N) is 1. The summed E-state index contributed by atoms with van der Waals surface area (Å²) in [5.74, 6) is 0. The van der Waals surface area contributed by atoms with Gasteiger partial charge < -0.3 is 9.32 Å². The Morgan fingerprint density at radius 2 is 0.954 bits per heavy atom. The van der Waals surface area contributed by atoms with Gasteiger partial charge in [0.25, 0.3) is 0 Å². The third-order valence-corrected chi connectivity index (χ3v) is 16.2. The predicted octanol–water partition coefficient (Wildman–Crippen LogP) is 17.8. The molecule has 3 aromatic heterocycles. The summed E-state index contributed by atoms with van der Waals surface area (Å²) in [5, 5.41) is 7.59. The van der Waals surface area contributed by atoms with E-state index in [0.717, 1.165) is 39.0 Å². The first kappa shape index (κ1) is 36.7. The van der Waals surface area contributed by atoms with Gasteiger partial charge in [-0.2, -0.15) is 0 Å². The second-order valence-electron chi connectivity index (χ2n) is 17.1. The third kappa shape index (κ3) is 5.33. The molecular weight excluding hydrogens is 827 g/mol. The molecule has 13 aromatic rings. The summed E-state index contributed by atoms with van der Waals surface area (Å²) in [6.45, 7) is 0. The van der Waals surface area contributed by atoms with Gasteiger partial charge in [0.15, 0.2) is 0 Å². The van der Waals surface area contributed by atoms with Crippen LogP contribution in [-0.2, 0) is 5.41 Å². The van der Waals surface area contributed by atoms with Crippen LogP contribution in [-0.4, -0.2) is 0 Å². The van der Waals surface area contributed by atoms with Crippen molar-refractivity contribution in [2.24, 2.45) is 0 Å². The normalized spacial score (nSPS) is 13.0. The predicted molar refractivity (Wildman–Crippen MR) is 277 cm³/mol. The van der Waals surface area contributed by atoms with Crippen molar-refractivity contribution < 1.29 is 4.42 Å². The number of hydrogen-bond donors (Lipinski definition) is 0. The molecule has 0 N–H and O–H groups in total. The fourth-order valence-electron chi connectivity index (χ4n) is 11.0. The first-order valence-corrected chi connectivity index (χ1v) is 23.8. The van der Waals surface area contributed by atoms with Crippen molar-refractivity contribution in [3.63, 3.8) is 0 Å². The van der Waals surface area contributed by atoms with Gasteiger partial charge in [0.2, 0.25) is 0 Å². The molecule has 2 nitrogen and oxygen atoms in total. The Balaban J connectivity index is 0.966. The van der Waals surface area contributed by atoms with Gasteiger partial charge in [-0.3, -0.25) is 0 Å². The number of anilines is 3. The zero-order chi connectivity index (χ0) is 42.6. The Morgan fingerprint density at radius 3 is 1.78 bits per heavy atom. The fraction of sp³-hybridized carbons (Fsp3) is 0.0164. The molecule has 0 bridgehead atoms. The Morgan fingerprint density at radius 1 is 0.354 bits per heavy atom. The zero-order valence-electron chi connectivity index (χ0n) is 35.0. The minimum Gasteiger partial charge on any atom is -0.456 e. The third-order valence-electron chi connectivity index (χ3n) is 13.8. The van der Waals surface area contributed by atoms with Gasteiger partial charge >= 0.3 is 0 Å². The minimum atomic E-state index is -0.521. The van der Waals surface area contributed by atoms with Crippen LogP contribution in [0.5, 0.6) is 0 Å². The van der Waals surface area contributed by atoms with Crippen LogP contribution >= 0.6 is 22.7 Å². The van der Waals surface area contributed by atoms with Crippen LogP contribution in [0.2, 0.25) is 0 Å². The number of hydrogen-bond acceptors (Lipinski definition) is 4. The van der Waals surface area contributed by atoms with Crippen molar-refractivity contribution in [1.29, 1.82) is 0 Å². The molecule has 3 heterocycles. The number of benzene rings is 10. The second-order valence-corrected chi connectivity index (χ2v) is 19.2. The van der Waals surface area contributed by atoms with Crippen molar-refractivity contribution >= 4 is 102 Å². The monoisotopic (exact) mass is 863 g/mol. The molecule has 4 heteroatoms. The maximum absolute atomic E-state index is 6.54. The van der Waals surface area contributed by atoms with E-state index in [-0.39, 0.29) is 0 Å². The lowest BCUT2D eigenvalue weighted by molar-refractivity contribution is 0.669. The van der Waals surface area contributed by atoms with Gasteiger partial charge in [-0.25, -0.2) is 0 Å². The molecule has 1 aliphatic carbocycles. The first-order chi connectivity index (χ1) is 32.2. The maximum atomic E-state index is 6.54. The zero-order valence-corrected chi connectivity index (χ0v) is 36.7. The van der Waals surface area contributed by atoms with E-state index in [1.54, 1.807) is 0 Å². The molecule has 0 saturated heterocycles. The molecule has 0 atom stereocenters. The van der Waals surface area contributed by atoms with Gasteiger partial charge in [0.1, 0.15) is 11.2 Å². The highest BCUT2D eigenvalue weighted by Crippen LogP contribution is 2.57. The van der Waals surface area contributed by atoms with Crippen LogP contribution < -0.4 is 4.90 Å². The van der Waals surface area contributed by atoms with E-state index in [9.17, 15) is 0 Å². The molecule has 1 aliphatic rings. The highest BCUT2D eigenvalue weighted by molar-refractivity contribution is 7.30. The summed E-state index contributed by atoms with van der Waals surface area (Å²) < 4.78 is 11.9. The van der Waals surface area contributed by atoms with Crippen LogP contribution in [0, 0.1) is 0 Å². The molecule has 0 saturated carbocycles. The van der Waals surface area contributed by atoms with Gasteiger partial charge in [-0.15, -0.1) is 22.7 Å². The molecular formula is C61H37NOS2. The summed E-state index contributed by atoms with van der Waals surface area (Å²) in [7, 11) is 0. The van der Waals surface area contributed by atoms with Crippen LogP contribution in [0.25, 0.3) is 84.5 Å². The molecule has 0 radical (unpaired) electrons. The number of rotatable bonds is 6. The molecule has 0 amide bonds. The first-order valence-electron chi connectivity index (χ1n) is 22.2. The lowest BCUT2D eigenvalue weighted by Gasteiger charge is -2.35. The molecule has 304 valence electrons. The molecule has 14 rings (SSSR count). The molecule has 0 unspecified atom stereocenters. The minimum absolute atomic E-state index is 0.521. The standard InChI is InChI=1S/C61H37NOS2/c1-3-14-39(15-4-1)61(40-16-5-2-6-17-40)52-23-10-7-18-45(52)46-32-30-42(36-53(46)61)62(43-31-33-48-47-19-8-11-24-54(47)63-55(48)37-43)41-28-26-38(27-29-41)44-21-13-22-49-50-34-35-57-58(60(50)65-59(44)49)51-20-9-12-25-56(51)64-57/h1-37H. The van der Waals surface area contributed by atoms with Gasteiger partial charge in [0, 0.05) is 74.2 Å². The Labute approximate surface area is 383 Å². The van der Waals surface area contributed by atoms with Crippen molar-refractivity contribution in [2.75, 3.05) is 4.90 Å². The quantitative estimate of drug-likeness (QED) is 0.166. The van der Waals surface area contributed by atoms with Crippen LogP contribution in [0.3, 0.4) is 0 Å². The summed E-state index contributed by atoms with van der Waals surface area (Å²) in [4.78, 5) is 2.40. The average Bonchev–Trinajstić information content (AvgIpc) is 4.13. The SMILES string of the molecule is c1ccc(C2(c3ccccc3)c3ccccc3-c3ccc(N(c4ccc(-c5cccc6c5sc5c6ccc6sc7ccccc7c65)cc4)c4ccc5c(c4)oc4ccccc45)cc32)cc1. The average molecular weight is 864 g/mol. The topological polar surface area (TPSA) is 16.4 Å². The van der Waals surface area contributed by atoms with Crippen LogP contribution in [0.15, 0.2) is 229 Å². The van der Waals surface area contributed by atoms with E-state index in [1.165, 1.54) is 84.9 Å². The molecule has 10 aromatic carbocycles. The second kappa shape index (κ2) is 14.1. The number of furan rings is 1. The summed E-state index contributed by atoms with van der Waals surface area (Å²) in [6, 6.07) is 82.6. The van der Waals surface area contributed by atoms with Crippen LogP contribution in [0.4, 0.5) is 17.1 Å². The van der Waals surface area contributed by atoms with Gasteiger partial charge in [0.05, 0.1) is 5.41 Å². The summed E-state index contributed by atoms with van der Waals surface area (Å²) >= 11 is 3.81. The van der Waals surface area contributed by atoms with Crippen LogP contribution in [0.1, 0.15) is 22.3 Å². The maximum Gasteiger partial charge on any atom is 0.137 e. The molecule has 0 spiro atoms.